The predicted octanol–water partition coefficient (Wildman–Crippen LogP) is 0.239. The van der Waals surface area contributed by atoms with Gasteiger partial charge in [0.05, 0.1) is 20.8 Å². The van der Waals surface area contributed by atoms with E-state index in [1.165, 1.54) is 26.4 Å². The van der Waals surface area contributed by atoms with Gasteiger partial charge in [-0.3, -0.25) is 0 Å². The molecule has 174 valence electrons. The smallest absolute Gasteiger partial charge is 0.346 e. The fourth-order valence-electron chi connectivity index (χ4n) is 3.26. The molecule has 1 aliphatic heterocycles. The molecular weight excluding hydrogens is 424 g/mol. The van der Waals surface area contributed by atoms with Gasteiger partial charge >= 0.3 is 5.97 Å². The number of methoxy groups -OCH3 is 2. The van der Waals surface area contributed by atoms with Gasteiger partial charge in [0.1, 0.15) is 42.3 Å². The molecule has 0 aliphatic carbocycles. The van der Waals surface area contributed by atoms with Crippen LogP contribution in [0.5, 0.6) is 17.2 Å². The highest BCUT2D eigenvalue weighted by atomic mass is 16.7. The van der Waals surface area contributed by atoms with Gasteiger partial charge < -0.3 is 44.1 Å². The largest absolute Gasteiger partial charge is 0.496 e. The van der Waals surface area contributed by atoms with E-state index in [1.807, 2.05) is 18.2 Å². The van der Waals surface area contributed by atoms with E-state index in [0.717, 1.165) is 5.56 Å². The molecule has 5 unspecified atom stereocenters. The summed E-state index contributed by atoms with van der Waals surface area (Å²) in [6, 6.07) is 12.0. The van der Waals surface area contributed by atoms with Gasteiger partial charge in [0, 0.05) is 0 Å². The minimum absolute atomic E-state index is 0.0144. The molecule has 0 amide bonds. The Morgan fingerprint density at radius 1 is 0.938 bits per heavy atom. The molecule has 0 radical (unpaired) electrons. The number of aliphatic hydroxyl groups is 4. The molecule has 0 saturated carbocycles. The Morgan fingerprint density at radius 3 is 2.22 bits per heavy atom. The lowest BCUT2D eigenvalue weighted by molar-refractivity contribution is -0.277. The van der Waals surface area contributed by atoms with Crippen LogP contribution >= 0.6 is 0 Å². The van der Waals surface area contributed by atoms with E-state index in [4.69, 9.17) is 23.7 Å². The van der Waals surface area contributed by atoms with Crippen molar-refractivity contribution in [3.05, 3.63) is 53.6 Å². The lowest BCUT2D eigenvalue weighted by Gasteiger charge is -2.39. The van der Waals surface area contributed by atoms with Gasteiger partial charge in [-0.25, -0.2) is 4.79 Å². The highest BCUT2D eigenvalue weighted by molar-refractivity contribution is 5.96. The van der Waals surface area contributed by atoms with Crippen molar-refractivity contribution in [3.8, 4) is 17.2 Å². The van der Waals surface area contributed by atoms with Crippen molar-refractivity contribution < 1.29 is 48.9 Å². The van der Waals surface area contributed by atoms with E-state index in [9.17, 15) is 25.2 Å². The van der Waals surface area contributed by atoms with Crippen LogP contribution in [-0.4, -0.2) is 77.9 Å². The van der Waals surface area contributed by atoms with Crippen molar-refractivity contribution in [2.45, 2.75) is 37.3 Å². The topological polar surface area (TPSA) is 144 Å². The van der Waals surface area contributed by atoms with Crippen LogP contribution in [0.3, 0.4) is 0 Å². The third kappa shape index (κ3) is 4.95. The average Bonchev–Trinajstić information content (AvgIpc) is 2.83. The number of carbonyl (C=O) groups excluding carboxylic acids is 1. The van der Waals surface area contributed by atoms with Crippen LogP contribution in [0.4, 0.5) is 0 Å². The second kappa shape index (κ2) is 10.6. The molecular formula is C22H26O10. The van der Waals surface area contributed by atoms with E-state index in [2.05, 4.69) is 0 Å². The third-order valence-electron chi connectivity index (χ3n) is 5.02. The zero-order valence-electron chi connectivity index (χ0n) is 17.6. The maximum Gasteiger partial charge on any atom is 0.346 e. The molecule has 4 N–H and O–H groups in total. The summed E-state index contributed by atoms with van der Waals surface area (Å²) in [7, 11) is 2.70. The molecule has 1 fully saturated rings. The molecule has 0 spiro atoms. The van der Waals surface area contributed by atoms with E-state index >= 15 is 0 Å². The summed E-state index contributed by atoms with van der Waals surface area (Å²) in [6.07, 6.45) is -7.62. The Kier molecular flexibility index (Phi) is 7.89. The minimum Gasteiger partial charge on any atom is -0.496 e. The van der Waals surface area contributed by atoms with E-state index in [-0.39, 0.29) is 29.4 Å². The van der Waals surface area contributed by atoms with Crippen LogP contribution in [0.15, 0.2) is 42.5 Å². The predicted molar refractivity (Wildman–Crippen MR) is 110 cm³/mol. The normalized spacial score (nSPS) is 25.1. The van der Waals surface area contributed by atoms with Crippen molar-refractivity contribution in [2.24, 2.45) is 0 Å². The Morgan fingerprint density at radius 2 is 1.59 bits per heavy atom. The Labute approximate surface area is 184 Å². The van der Waals surface area contributed by atoms with Crippen molar-refractivity contribution >= 4 is 5.97 Å². The van der Waals surface area contributed by atoms with Gasteiger partial charge in [0.25, 0.3) is 0 Å². The van der Waals surface area contributed by atoms with Crippen LogP contribution in [0.2, 0.25) is 0 Å². The number of rotatable bonds is 8. The summed E-state index contributed by atoms with van der Waals surface area (Å²) in [5.41, 5.74) is 0.638. The number of ether oxygens (including phenoxy) is 5. The van der Waals surface area contributed by atoms with E-state index < -0.39 is 43.3 Å². The number of aliphatic hydroxyl groups excluding tert-OH is 4. The standard InChI is InChI=1S/C22H26O10/c1-28-13-8-9-14(29-2)20(16(13)21(27)30-11-12-6-4-3-5-7-12)32-22-19(26)18(25)17(24)15(10-23)31-22/h3-9,15,17-19,22-26H,10-11H2,1-2H3. The quantitative estimate of drug-likeness (QED) is 0.413. The van der Waals surface area contributed by atoms with E-state index in [1.54, 1.807) is 12.1 Å². The van der Waals surface area contributed by atoms with Crippen molar-refractivity contribution in [2.75, 3.05) is 20.8 Å². The van der Waals surface area contributed by atoms with Crippen molar-refractivity contribution in [1.82, 2.24) is 0 Å². The molecule has 0 aromatic heterocycles. The van der Waals surface area contributed by atoms with Crippen molar-refractivity contribution in [3.63, 3.8) is 0 Å². The number of benzene rings is 2. The first-order valence-electron chi connectivity index (χ1n) is 9.84. The molecule has 1 aliphatic rings. The fraction of sp³-hybridized carbons (Fsp3) is 0.409. The SMILES string of the molecule is COc1ccc(OC)c(C(=O)OCc2ccccc2)c1OC1OC(CO)C(O)C(O)C1O. The maximum absolute atomic E-state index is 13.0. The zero-order chi connectivity index (χ0) is 23.3. The molecule has 2 aromatic carbocycles. The Hall–Kier alpha value is -2.89. The highest BCUT2D eigenvalue weighted by Crippen LogP contribution is 2.40. The van der Waals surface area contributed by atoms with Crippen LogP contribution in [0.25, 0.3) is 0 Å². The van der Waals surface area contributed by atoms with Gasteiger partial charge in [0.15, 0.2) is 11.5 Å². The average molecular weight is 450 g/mol. The second-order valence-corrected chi connectivity index (χ2v) is 7.05. The summed E-state index contributed by atoms with van der Waals surface area (Å²) in [6.45, 7) is -0.647. The Bertz CT molecular complexity index is 901. The summed E-state index contributed by atoms with van der Waals surface area (Å²) in [5, 5.41) is 39.7. The van der Waals surface area contributed by atoms with Gasteiger partial charge in [0.2, 0.25) is 6.29 Å². The molecule has 3 rings (SSSR count). The van der Waals surface area contributed by atoms with Gasteiger partial charge in [-0.2, -0.15) is 0 Å². The molecule has 32 heavy (non-hydrogen) atoms. The molecule has 2 aromatic rings. The lowest BCUT2D eigenvalue weighted by atomic mass is 9.99. The summed E-state index contributed by atoms with van der Waals surface area (Å²) in [4.78, 5) is 13.0. The van der Waals surface area contributed by atoms with Gasteiger partial charge in [-0.1, -0.05) is 30.3 Å². The molecule has 10 heteroatoms. The fourth-order valence-corrected chi connectivity index (χ4v) is 3.26. The molecule has 1 heterocycles. The van der Waals surface area contributed by atoms with Crippen LogP contribution < -0.4 is 14.2 Å². The number of hydrogen-bond acceptors (Lipinski definition) is 10. The summed E-state index contributed by atoms with van der Waals surface area (Å²) in [5.74, 6) is -0.726. The number of hydrogen-bond donors (Lipinski definition) is 4. The second-order valence-electron chi connectivity index (χ2n) is 7.05. The van der Waals surface area contributed by atoms with Crippen LogP contribution in [-0.2, 0) is 16.1 Å². The lowest BCUT2D eigenvalue weighted by Crippen LogP contribution is -2.60. The minimum atomic E-state index is -1.68. The first-order valence-corrected chi connectivity index (χ1v) is 9.84. The van der Waals surface area contributed by atoms with Crippen LogP contribution in [0.1, 0.15) is 15.9 Å². The molecule has 1 saturated heterocycles. The summed E-state index contributed by atoms with van der Waals surface area (Å²) >= 11 is 0. The number of carbonyl (C=O) groups is 1. The first-order chi connectivity index (χ1) is 15.4. The van der Waals surface area contributed by atoms with E-state index in [0.29, 0.717) is 0 Å². The highest BCUT2D eigenvalue weighted by Gasteiger charge is 2.45. The maximum atomic E-state index is 13.0. The van der Waals surface area contributed by atoms with Crippen LogP contribution in [0, 0.1) is 0 Å². The van der Waals surface area contributed by atoms with Gasteiger partial charge in [-0.15, -0.1) is 0 Å². The number of esters is 1. The molecule has 0 bridgehead atoms. The zero-order valence-corrected chi connectivity index (χ0v) is 17.6. The molecule has 5 atom stereocenters. The Balaban J connectivity index is 1.92. The summed E-state index contributed by atoms with van der Waals surface area (Å²) < 4.78 is 27.1. The third-order valence-corrected chi connectivity index (χ3v) is 5.02. The first kappa shape index (κ1) is 23.8. The molecule has 10 nitrogen and oxygen atoms in total. The van der Waals surface area contributed by atoms with Crippen molar-refractivity contribution in [1.29, 1.82) is 0 Å². The van der Waals surface area contributed by atoms with Gasteiger partial charge in [-0.05, 0) is 17.7 Å². The monoisotopic (exact) mass is 450 g/mol.